The van der Waals surface area contributed by atoms with Gasteiger partial charge in [-0.2, -0.15) is 0 Å². The minimum absolute atomic E-state index is 0.200. The van der Waals surface area contributed by atoms with Gasteiger partial charge in [-0.05, 0) is 35.4 Å². The van der Waals surface area contributed by atoms with Crippen molar-refractivity contribution in [3.63, 3.8) is 0 Å². The molecule has 1 aromatic heterocycles. The lowest BCUT2D eigenvalue weighted by atomic mass is 10.1. The van der Waals surface area contributed by atoms with Crippen molar-refractivity contribution in [2.45, 2.75) is 13.1 Å². The van der Waals surface area contributed by atoms with Gasteiger partial charge >= 0.3 is 6.16 Å². The second-order valence-electron chi connectivity index (χ2n) is 6.40. The molecule has 0 radical (unpaired) electrons. The number of H-pyrrole nitrogens is 1. The smallest absolute Gasteiger partial charge is 0.438 e. The maximum absolute atomic E-state index is 11.0. The molecule has 0 aliphatic carbocycles. The Labute approximate surface area is 173 Å². The topological polar surface area (TPSA) is 54.6 Å². The Morgan fingerprint density at radius 2 is 1.96 bits per heavy atom. The van der Waals surface area contributed by atoms with Crippen LogP contribution in [0.15, 0.2) is 71.4 Å². The SMILES string of the molecule is COC(=O)OC/C=C/CN(Cc1ccccc1)Cc1c[nH]c2ccc(Br)cc12. The van der Waals surface area contributed by atoms with Crippen molar-refractivity contribution >= 4 is 33.0 Å². The quantitative estimate of drug-likeness (QED) is 0.381. The van der Waals surface area contributed by atoms with Gasteiger partial charge in [-0.15, -0.1) is 0 Å². The van der Waals surface area contributed by atoms with Crippen LogP contribution < -0.4 is 0 Å². The summed E-state index contributed by atoms with van der Waals surface area (Å²) in [6.07, 6.45) is 5.24. The first-order chi connectivity index (χ1) is 13.7. The molecule has 1 heterocycles. The normalized spacial score (nSPS) is 11.4. The van der Waals surface area contributed by atoms with Crippen LogP contribution in [0.2, 0.25) is 0 Å². The van der Waals surface area contributed by atoms with Crippen LogP contribution in [0.3, 0.4) is 0 Å². The van der Waals surface area contributed by atoms with Gasteiger partial charge in [-0.1, -0.05) is 52.3 Å². The third-order valence-electron chi connectivity index (χ3n) is 4.37. The minimum atomic E-state index is -0.671. The van der Waals surface area contributed by atoms with Crippen molar-refractivity contribution in [3.05, 3.63) is 82.5 Å². The molecule has 1 N–H and O–H groups in total. The zero-order chi connectivity index (χ0) is 19.8. The van der Waals surface area contributed by atoms with Gasteiger partial charge < -0.3 is 14.5 Å². The number of hydrogen-bond acceptors (Lipinski definition) is 4. The van der Waals surface area contributed by atoms with Crippen LogP contribution in [-0.2, 0) is 22.6 Å². The van der Waals surface area contributed by atoms with Crippen molar-refractivity contribution in [1.82, 2.24) is 9.88 Å². The molecule has 0 fully saturated rings. The zero-order valence-electron chi connectivity index (χ0n) is 15.7. The van der Waals surface area contributed by atoms with Gasteiger partial charge in [0.15, 0.2) is 0 Å². The number of methoxy groups -OCH3 is 1. The Kier molecular flexibility index (Phi) is 7.28. The summed E-state index contributed by atoms with van der Waals surface area (Å²) >= 11 is 3.56. The number of ether oxygens (including phenoxy) is 2. The molecule has 0 saturated carbocycles. The fraction of sp³-hybridized carbons (Fsp3) is 0.227. The summed E-state index contributed by atoms with van der Waals surface area (Å²) in [5.74, 6) is 0. The van der Waals surface area contributed by atoms with Gasteiger partial charge in [0.25, 0.3) is 0 Å². The van der Waals surface area contributed by atoms with E-state index in [9.17, 15) is 4.79 Å². The molecule has 0 aliphatic rings. The molecule has 5 nitrogen and oxygen atoms in total. The highest BCUT2D eigenvalue weighted by Crippen LogP contribution is 2.24. The van der Waals surface area contributed by atoms with Crippen molar-refractivity contribution in [2.75, 3.05) is 20.3 Å². The number of aromatic amines is 1. The summed E-state index contributed by atoms with van der Waals surface area (Å²) in [5.41, 5.74) is 3.62. The Morgan fingerprint density at radius 3 is 2.75 bits per heavy atom. The molecule has 0 aliphatic heterocycles. The molecular weight excluding hydrogens is 420 g/mol. The Morgan fingerprint density at radius 1 is 1.14 bits per heavy atom. The zero-order valence-corrected chi connectivity index (χ0v) is 17.3. The second-order valence-corrected chi connectivity index (χ2v) is 7.31. The van der Waals surface area contributed by atoms with E-state index in [1.54, 1.807) is 0 Å². The van der Waals surface area contributed by atoms with Gasteiger partial charge in [-0.25, -0.2) is 4.79 Å². The maximum atomic E-state index is 11.0. The minimum Gasteiger partial charge on any atom is -0.438 e. The van der Waals surface area contributed by atoms with Crippen LogP contribution in [0.5, 0.6) is 0 Å². The standard InChI is InChI=1S/C22H23BrN2O3/c1-27-22(26)28-12-6-5-11-25(15-17-7-3-2-4-8-17)16-18-14-24-21-10-9-19(23)13-20(18)21/h2-10,13-14,24H,11-12,15-16H2,1H3/b6-5+. The molecule has 3 rings (SSSR count). The van der Waals surface area contributed by atoms with E-state index in [2.05, 4.69) is 73.1 Å². The predicted octanol–water partition coefficient (Wildman–Crippen LogP) is 5.27. The highest BCUT2D eigenvalue weighted by atomic mass is 79.9. The molecule has 0 bridgehead atoms. The average molecular weight is 443 g/mol. The highest BCUT2D eigenvalue weighted by Gasteiger charge is 2.10. The monoisotopic (exact) mass is 442 g/mol. The van der Waals surface area contributed by atoms with E-state index >= 15 is 0 Å². The van der Waals surface area contributed by atoms with Crippen LogP contribution in [0.4, 0.5) is 4.79 Å². The summed E-state index contributed by atoms with van der Waals surface area (Å²) < 4.78 is 10.4. The summed E-state index contributed by atoms with van der Waals surface area (Å²) in [6, 6.07) is 16.6. The molecule has 0 saturated heterocycles. The Hall–Kier alpha value is -2.57. The summed E-state index contributed by atoms with van der Waals surface area (Å²) in [5, 5.41) is 1.21. The van der Waals surface area contributed by atoms with Crippen LogP contribution in [0, 0.1) is 0 Å². The fourth-order valence-corrected chi connectivity index (χ4v) is 3.38. The lowest BCUT2D eigenvalue weighted by Crippen LogP contribution is -2.23. The third kappa shape index (κ3) is 5.71. The van der Waals surface area contributed by atoms with E-state index in [4.69, 9.17) is 4.74 Å². The number of halogens is 1. The maximum Gasteiger partial charge on any atom is 0.508 e. The van der Waals surface area contributed by atoms with Gasteiger partial charge in [0.05, 0.1) is 7.11 Å². The number of rotatable bonds is 8. The summed E-state index contributed by atoms with van der Waals surface area (Å²) in [7, 11) is 1.30. The van der Waals surface area contributed by atoms with Crippen molar-refractivity contribution in [1.29, 1.82) is 0 Å². The van der Waals surface area contributed by atoms with E-state index in [0.717, 1.165) is 29.6 Å². The molecule has 6 heteroatoms. The first kappa shape index (κ1) is 20.2. The first-order valence-electron chi connectivity index (χ1n) is 9.03. The van der Waals surface area contributed by atoms with Gasteiger partial charge in [0.2, 0.25) is 0 Å². The molecular formula is C22H23BrN2O3. The number of carbonyl (C=O) groups excluding carboxylic acids is 1. The summed E-state index contributed by atoms with van der Waals surface area (Å²) in [6.45, 7) is 2.56. The van der Waals surface area contributed by atoms with Crippen molar-refractivity contribution in [3.8, 4) is 0 Å². The van der Waals surface area contributed by atoms with Crippen LogP contribution >= 0.6 is 15.9 Å². The van der Waals surface area contributed by atoms with E-state index in [1.165, 1.54) is 23.6 Å². The van der Waals surface area contributed by atoms with Crippen LogP contribution in [-0.4, -0.2) is 36.3 Å². The van der Waals surface area contributed by atoms with E-state index in [0.29, 0.717) is 0 Å². The van der Waals surface area contributed by atoms with E-state index in [1.807, 2.05) is 24.3 Å². The van der Waals surface area contributed by atoms with E-state index < -0.39 is 6.16 Å². The predicted molar refractivity (Wildman–Crippen MR) is 114 cm³/mol. The lowest BCUT2D eigenvalue weighted by Gasteiger charge is -2.20. The highest BCUT2D eigenvalue weighted by molar-refractivity contribution is 9.10. The Balaban J connectivity index is 1.70. The second kappa shape index (κ2) is 10.1. The number of aromatic nitrogens is 1. The molecule has 0 amide bonds. The molecule has 28 heavy (non-hydrogen) atoms. The molecule has 2 aromatic carbocycles. The molecule has 0 atom stereocenters. The average Bonchev–Trinajstić information content (AvgIpc) is 3.10. The number of hydrogen-bond donors (Lipinski definition) is 1. The first-order valence-corrected chi connectivity index (χ1v) is 9.82. The number of nitrogens with one attached hydrogen (secondary N) is 1. The Bertz CT molecular complexity index is 937. The van der Waals surface area contributed by atoms with Gasteiger partial charge in [0, 0.05) is 41.2 Å². The largest absolute Gasteiger partial charge is 0.508 e. The number of benzene rings is 2. The van der Waals surface area contributed by atoms with Crippen molar-refractivity contribution in [2.24, 2.45) is 0 Å². The molecule has 0 spiro atoms. The fourth-order valence-electron chi connectivity index (χ4n) is 3.02. The number of fused-ring (bicyclic) bond motifs is 1. The number of nitrogens with zero attached hydrogens (tertiary/aromatic N) is 1. The van der Waals surface area contributed by atoms with Gasteiger partial charge in [-0.3, -0.25) is 4.90 Å². The van der Waals surface area contributed by atoms with Crippen LogP contribution in [0.1, 0.15) is 11.1 Å². The summed E-state index contributed by atoms with van der Waals surface area (Å²) in [4.78, 5) is 16.7. The molecule has 146 valence electrons. The van der Waals surface area contributed by atoms with Crippen LogP contribution in [0.25, 0.3) is 10.9 Å². The van der Waals surface area contributed by atoms with Crippen molar-refractivity contribution < 1.29 is 14.3 Å². The molecule has 0 unspecified atom stereocenters. The number of carbonyl (C=O) groups is 1. The molecule has 3 aromatic rings. The van der Waals surface area contributed by atoms with E-state index in [-0.39, 0.29) is 6.61 Å². The third-order valence-corrected chi connectivity index (χ3v) is 4.86. The van der Waals surface area contributed by atoms with Gasteiger partial charge in [0.1, 0.15) is 6.61 Å². The lowest BCUT2D eigenvalue weighted by molar-refractivity contribution is 0.0817.